The van der Waals surface area contributed by atoms with E-state index in [1.165, 1.54) is 0 Å². The van der Waals surface area contributed by atoms with Crippen molar-refractivity contribution in [3.8, 4) is 0 Å². The molecule has 0 saturated carbocycles. The average Bonchev–Trinajstić information content (AvgIpc) is 2.14. The second-order valence-electron chi connectivity index (χ2n) is 1.39. The van der Waals surface area contributed by atoms with Gasteiger partial charge in [-0.15, -0.1) is 0 Å². The lowest BCUT2D eigenvalue weighted by Crippen LogP contribution is -2.01. The molecule has 4 heteroatoms. The molecule has 34 valence electrons. The maximum Gasteiger partial charge on any atom is 0.198 e. The van der Waals surface area contributed by atoms with Gasteiger partial charge in [0.05, 0.1) is 14.1 Å². The second kappa shape index (κ2) is 1.87. The highest BCUT2D eigenvalue weighted by molar-refractivity contribution is 6.88. The molecule has 0 saturated heterocycles. The van der Waals surface area contributed by atoms with Gasteiger partial charge < -0.3 is 4.48 Å². The summed E-state index contributed by atoms with van der Waals surface area (Å²) in [7, 11) is 3.10. The molecule has 0 aliphatic carbocycles. The van der Waals surface area contributed by atoms with Gasteiger partial charge in [0.15, 0.2) is 7.31 Å². The van der Waals surface area contributed by atoms with Gasteiger partial charge in [0.1, 0.15) is 0 Å². The smallest absolute Gasteiger partial charge is 0.198 e. The van der Waals surface area contributed by atoms with Crippen molar-refractivity contribution in [3.63, 3.8) is 0 Å². The Morgan fingerprint density at radius 2 is 2.57 bits per heavy atom. The Bertz CT molecular complexity index is 125. The molecule has 0 aromatic carbocycles. The number of nitrogens with zero attached hydrogens (tertiary/aromatic N) is 2. The van der Waals surface area contributed by atoms with Crippen molar-refractivity contribution in [2.75, 3.05) is 0 Å². The molecule has 0 aliphatic heterocycles. The molecule has 0 spiro atoms. The minimum atomic E-state index is 1.01. The van der Waals surface area contributed by atoms with Crippen LogP contribution < -0.4 is 0 Å². The van der Waals surface area contributed by atoms with Crippen LogP contribution in [0.3, 0.4) is 0 Å². The van der Waals surface area contributed by atoms with Gasteiger partial charge in [-0.2, -0.15) is 0 Å². The maximum atomic E-state index is 3.86. The van der Waals surface area contributed by atoms with Crippen molar-refractivity contribution in [1.29, 1.82) is 0 Å². The molecule has 7 heavy (non-hydrogen) atoms. The first-order valence-electron chi connectivity index (χ1n) is 2.39. The molecule has 0 aliphatic rings. The van der Waals surface area contributed by atoms with E-state index < -0.39 is 0 Å². The molecule has 1 aromatic heterocycles. The molecule has 1 rings (SSSR count). The predicted octanol–water partition coefficient (Wildman–Crippen LogP) is -1.37. The maximum absolute atomic E-state index is 3.86. The van der Waals surface area contributed by atoms with E-state index in [9.17, 15) is 0 Å². The zero-order valence-corrected chi connectivity index (χ0v) is 4.33. The van der Waals surface area contributed by atoms with Crippen molar-refractivity contribution in [3.05, 3.63) is 18.7 Å². The normalized spacial score (nSPS) is 8.57. The lowest BCUT2D eigenvalue weighted by Gasteiger charge is -1.85. The molecule has 1 aromatic rings. The molecule has 0 bridgehead atoms. The first-order chi connectivity index (χ1) is 3.43. The Kier molecular flexibility index (Phi) is 1.20. The molecule has 1 heterocycles. The Hall–Kier alpha value is -0.660. The van der Waals surface area contributed by atoms with Gasteiger partial charge in [-0.1, -0.05) is 0 Å². The van der Waals surface area contributed by atoms with Gasteiger partial charge in [0.2, 0.25) is 0 Å². The van der Waals surface area contributed by atoms with Crippen LogP contribution in [0.25, 0.3) is 0 Å². The molecular weight excluding hydrogens is 85.7 g/mol. The van der Waals surface area contributed by atoms with Crippen LogP contribution in [0, 0.1) is 0 Å². The molecule has 0 N–H and O–H groups in total. The highest BCUT2D eigenvalue weighted by Crippen LogP contribution is 1.75. The number of hydrogen-bond acceptors (Lipinski definition) is 1. The largest absolute Gasteiger partial charge is 0.394 e. The van der Waals surface area contributed by atoms with E-state index >= 15 is 0 Å². The van der Waals surface area contributed by atoms with E-state index in [2.05, 4.69) is 12.7 Å². The predicted molar refractivity (Wildman–Crippen MR) is 33.3 cm³/mol. The molecule has 0 unspecified atom stereocenters. The highest BCUT2D eigenvalue weighted by atomic mass is 14.9. The third-order valence-corrected chi connectivity index (χ3v) is 0.924. The van der Waals surface area contributed by atoms with Gasteiger partial charge in [-0.05, 0) is 0 Å². The average molecular weight is 91.7 g/mol. The summed E-state index contributed by atoms with van der Waals surface area (Å²) in [5, 5.41) is 0. The van der Waals surface area contributed by atoms with E-state index in [-0.39, 0.29) is 0 Å². The summed E-state index contributed by atoms with van der Waals surface area (Å²) >= 11 is 0. The van der Waals surface area contributed by atoms with Crippen LogP contribution in [-0.2, 0) is 0 Å². The van der Waals surface area contributed by atoms with Gasteiger partial charge in [0.25, 0.3) is 0 Å². The summed E-state index contributed by atoms with van der Waals surface area (Å²) in [6.45, 7) is 0. The number of rotatable bonds is 1. The third-order valence-electron chi connectivity index (χ3n) is 0.924. The SMILES string of the molecule is BBn1ccnc1. The van der Waals surface area contributed by atoms with Crippen LogP contribution in [0.2, 0.25) is 0 Å². The van der Waals surface area contributed by atoms with E-state index in [0.29, 0.717) is 0 Å². The Balaban J connectivity index is 2.76. The van der Waals surface area contributed by atoms with Gasteiger partial charge in [-0.25, -0.2) is 4.98 Å². The molecule has 0 radical (unpaired) electrons. The van der Waals surface area contributed by atoms with Crippen LogP contribution in [0.15, 0.2) is 18.7 Å². The monoisotopic (exact) mass is 92.1 g/mol. The number of imidazole rings is 1. The topological polar surface area (TPSA) is 17.8 Å². The van der Waals surface area contributed by atoms with Crippen LogP contribution in [0.5, 0.6) is 0 Å². The Labute approximate surface area is 44.2 Å². The highest BCUT2D eigenvalue weighted by Gasteiger charge is 1.79. The molecule has 0 amide bonds. The first kappa shape index (κ1) is 4.50. The quantitative estimate of drug-likeness (QED) is 0.390. The van der Waals surface area contributed by atoms with E-state index in [4.69, 9.17) is 0 Å². The summed E-state index contributed by atoms with van der Waals surface area (Å²) in [6, 6.07) is 0. The summed E-state index contributed by atoms with van der Waals surface area (Å²) < 4.78 is 2.01. The molecular formula is C3H6B2N2. The minimum absolute atomic E-state index is 1.01. The lowest BCUT2D eigenvalue weighted by molar-refractivity contribution is 1.21. The zero-order valence-electron chi connectivity index (χ0n) is 4.33. The van der Waals surface area contributed by atoms with Crippen molar-refractivity contribution in [2.24, 2.45) is 0 Å². The van der Waals surface area contributed by atoms with Gasteiger partial charge in [0, 0.05) is 12.4 Å². The Morgan fingerprint density at radius 1 is 1.71 bits per heavy atom. The van der Waals surface area contributed by atoms with Gasteiger partial charge >= 0.3 is 0 Å². The molecule has 0 fully saturated rings. The number of aromatic nitrogens is 2. The fraction of sp³-hybridized carbons (Fsp3) is 0. The standard InChI is InChI=1S/C3H6B2N2/c4-5-7-2-1-6-3-7/h1-3,5H,4H2. The number of hydrogen-bond donors (Lipinski definition) is 0. The summed E-state index contributed by atoms with van der Waals surface area (Å²) in [4.78, 5) is 3.86. The molecule has 0 atom stereocenters. The first-order valence-corrected chi connectivity index (χ1v) is 2.39. The summed E-state index contributed by atoms with van der Waals surface area (Å²) in [5.74, 6) is 0. The van der Waals surface area contributed by atoms with E-state index in [0.717, 1.165) is 7.31 Å². The molecule has 2 nitrogen and oxygen atoms in total. The van der Waals surface area contributed by atoms with Crippen LogP contribution >= 0.6 is 0 Å². The van der Waals surface area contributed by atoms with E-state index in [1.54, 1.807) is 12.5 Å². The fourth-order valence-corrected chi connectivity index (χ4v) is 0.474. The van der Waals surface area contributed by atoms with Crippen molar-refractivity contribution in [2.45, 2.75) is 0 Å². The van der Waals surface area contributed by atoms with Crippen molar-refractivity contribution in [1.82, 2.24) is 9.46 Å². The van der Waals surface area contributed by atoms with Crippen molar-refractivity contribution >= 4 is 15.0 Å². The third kappa shape index (κ3) is 0.856. The summed E-state index contributed by atoms with van der Waals surface area (Å²) in [5.41, 5.74) is 0. The Morgan fingerprint density at radius 3 is 2.86 bits per heavy atom. The zero-order chi connectivity index (χ0) is 5.11. The second-order valence-corrected chi connectivity index (χ2v) is 1.39. The fourth-order valence-electron chi connectivity index (χ4n) is 0.474. The van der Waals surface area contributed by atoms with Gasteiger partial charge in [-0.3, -0.25) is 0 Å². The van der Waals surface area contributed by atoms with E-state index in [1.807, 2.05) is 10.7 Å². The van der Waals surface area contributed by atoms with Crippen molar-refractivity contribution < 1.29 is 0 Å². The van der Waals surface area contributed by atoms with Crippen LogP contribution in [0.1, 0.15) is 0 Å². The minimum Gasteiger partial charge on any atom is -0.394 e. The van der Waals surface area contributed by atoms with Crippen LogP contribution in [-0.4, -0.2) is 24.5 Å². The summed E-state index contributed by atoms with van der Waals surface area (Å²) in [6.07, 6.45) is 5.53. The van der Waals surface area contributed by atoms with Crippen LogP contribution in [0.4, 0.5) is 0 Å². The lowest BCUT2D eigenvalue weighted by atomic mass is 9.67.